The van der Waals surface area contributed by atoms with E-state index >= 15 is 0 Å². The molecule has 0 heterocycles. The van der Waals surface area contributed by atoms with Crippen LogP contribution in [0, 0.1) is 17.1 Å². The molecule has 0 spiro atoms. The van der Waals surface area contributed by atoms with Gasteiger partial charge in [0.1, 0.15) is 24.1 Å². The first kappa shape index (κ1) is 22.1. The average Bonchev–Trinajstić information content (AvgIpc) is 2.78. The Hall–Kier alpha value is -3.63. The van der Waals surface area contributed by atoms with Crippen LogP contribution in [0.4, 0.5) is 10.1 Å². The van der Waals surface area contributed by atoms with E-state index in [9.17, 15) is 14.4 Å². The maximum Gasteiger partial charge on any atom is 0.266 e. The van der Waals surface area contributed by atoms with Gasteiger partial charge in [-0.3, -0.25) is 4.79 Å². The van der Waals surface area contributed by atoms with E-state index in [4.69, 9.17) is 9.47 Å². The first-order valence-electron chi connectivity index (χ1n) is 9.23. The van der Waals surface area contributed by atoms with Crippen LogP contribution in [0.25, 0.3) is 6.08 Å². The number of amides is 1. The van der Waals surface area contributed by atoms with Crippen molar-refractivity contribution in [2.24, 2.45) is 0 Å². The van der Waals surface area contributed by atoms with Crippen LogP contribution >= 0.6 is 15.9 Å². The summed E-state index contributed by atoms with van der Waals surface area (Å²) in [6.45, 7) is 0.332. The van der Waals surface area contributed by atoms with Gasteiger partial charge in [-0.25, -0.2) is 4.39 Å². The summed E-state index contributed by atoms with van der Waals surface area (Å²) < 4.78 is 25.7. The number of hydrogen-bond acceptors (Lipinski definition) is 4. The molecule has 1 N–H and O–H groups in total. The maximum atomic E-state index is 14.0. The number of rotatable bonds is 7. The topological polar surface area (TPSA) is 71.3 Å². The minimum atomic E-state index is -0.716. The van der Waals surface area contributed by atoms with Crippen molar-refractivity contribution < 1.29 is 18.7 Å². The van der Waals surface area contributed by atoms with Crippen LogP contribution in [0.1, 0.15) is 11.1 Å². The third-order valence-corrected chi connectivity index (χ3v) is 4.77. The van der Waals surface area contributed by atoms with Crippen molar-refractivity contribution >= 4 is 33.6 Å². The van der Waals surface area contributed by atoms with Crippen molar-refractivity contribution in [2.75, 3.05) is 12.4 Å². The van der Waals surface area contributed by atoms with E-state index in [1.165, 1.54) is 25.3 Å². The zero-order valence-corrected chi connectivity index (χ0v) is 18.1. The third-order valence-electron chi connectivity index (χ3n) is 4.28. The smallest absolute Gasteiger partial charge is 0.266 e. The number of carbonyl (C=O) groups is 1. The quantitative estimate of drug-likeness (QED) is 0.346. The molecule has 0 radical (unpaired) electrons. The second kappa shape index (κ2) is 10.4. The number of methoxy groups -OCH3 is 1. The predicted octanol–water partition coefficient (Wildman–Crippen LogP) is 5.72. The number of hydrogen-bond donors (Lipinski definition) is 1. The van der Waals surface area contributed by atoms with Crippen molar-refractivity contribution in [1.82, 2.24) is 0 Å². The van der Waals surface area contributed by atoms with Gasteiger partial charge in [0.05, 0.1) is 12.8 Å². The number of nitriles is 1. The minimum Gasteiger partial charge on any atom is -0.493 e. The molecule has 156 valence electrons. The Morgan fingerprint density at radius 2 is 1.90 bits per heavy atom. The fraction of sp³-hybridized carbons (Fsp3) is 0.0833. The van der Waals surface area contributed by atoms with Crippen LogP contribution in [0.15, 0.2) is 76.8 Å². The van der Waals surface area contributed by atoms with Gasteiger partial charge in [0.2, 0.25) is 0 Å². The van der Waals surface area contributed by atoms with Gasteiger partial charge in [0.25, 0.3) is 5.91 Å². The number of benzene rings is 3. The largest absolute Gasteiger partial charge is 0.493 e. The Bertz CT molecular complexity index is 1160. The normalized spacial score (nSPS) is 10.8. The minimum absolute atomic E-state index is 0.0176. The highest BCUT2D eigenvalue weighted by molar-refractivity contribution is 9.10. The molecule has 3 aromatic rings. The fourth-order valence-electron chi connectivity index (χ4n) is 2.73. The van der Waals surface area contributed by atoms with Crippen molar-refractivity contribution in [3.63, 3.8) is 0 Å². The molecule has 0 fully saturated rings. The fourth-order valence-corrected chi connectivity index (χ4v) is 3.06. The molecule has 0 aliphatic rings. The van der Waals surface area contributed by atoms with Crippen molar-refractivity contribution in [1.29, 1.82) is 5.26 Å². The molecule has 0 saturated heterocycles. The third kappa shape index (κ3) is 5.93. The number of carbonyl (C=O) groups excluding carboxylic acids is 1. The highest BCUT2D eigenvalue weighted by atomic mass is 79.9. The molecular weight excluding hydrogens is 463 g/mol. The highest BCUT2D eigenvalue weighted by Gasteiger charge is 2.13. The van der Waals surface area contributed by atoms with Gasteiger partial charge in [-0.15, -0.1) is 0 Å². The van der Waals surface area contributed by atoms with Crippen LogP contribution in [0.3, 0.4) is 0 Å². The molecule has 5 nitrogen and oxygen atoms in total. The number of nitrogens with one attached hydrogen (secondary N) is 1. The summed E-state index contributed by atoms with van der Waals surface area (Å²) in [6, 6.07) is 20.8. The molecule has 1 amide bonds. The molecule has 3 rings (SSSR count). The Morgan fingerprint density at radius 3 is 2.58 bits per heavy atom. The first-order valence-corrected chi connectivity index (χ1v) is 10.0. The SMILES string of the molecule is COc1ccc(/C=C(\C#N)C(=O)Nc2ccc(Br)cc2F)cc1OCc1ccccc1. The van der Waals surface area contributed by atoms with Gasteiger partial charge >= 0.3 is 0 Å². The van der Waals surface area contributed by atoms with E-state index in [1.807, 2.05) is 36.4 Å². The van der Waals surface area contributed by atoms with Crippen LogP contribution < -0.4 is 14.8 Å². The number of nitrogens with zero attached hydrogens (tertiary/aromatic N) is 1. The Balaban J connectivity index is 1.81. The number of halogens is 2. The van der Waals surface area contributed by atoms with Crippen LogP contribution in [0.5, 0.6) is 11.5 Å². The lowest BCUT2D eigenvalue weighted by molar-refractivity contribution is -0.112. The van der Waals surface area contributed by atoms with E-state index in [-0.39, 0.29) is 11.3 Å². The van der Waals surface area contributed by atoms with E-state index < -0.39 is 11.7 Å². The highest BCUT2D eigenvalue weighted by Crippen LogP contribution is 2.30. The van der Waals surface area contributed by atoms with Crippen LogP contribution in [0.2, 0.25) is 0 Å². The molecule has 3 aromatic carbocycles. The molecule has 0 atom stereocenters. The van der Waals surface area contributed by atoms with Crippen molar-refractivity contribution in [3.8, 4) is 17.6 Å². The second-order valence-corrected chi connectivity index (χ2v) is 7.35. The molecule has 31 heavy (non-hydrogen) atoms. The molecular formula is C24H18BrFN2O3. The first-order chi connectivity index (χ1) is 15.0. The van der Waals surface area contributed by atoms with Crippen LogP contribution in [-0.2, 0) is 11.4 Å². The molecule has 0 bridgehead atoms. The zero-order chi connectivity index (χ0) is 22.2. The van der Waals surface area contributed by atoms with E-state index in [1.54, 1.807) is 24.3 Å². The van der Waals surface area contributed by atoms with Crippen LogP contribution in [-0.4, -0.2) is 13.0 Å². The maximum absolute atomic E-state index is 14.0. The molecule has 0 saturated carbocycles. The Labute approximate surface area is 187 Å². The zero-order valence-electron chi connectivity index (χ0n) is 16.6. The lowest BCUT2D eigenvalue weighted by Crippen LogP contribution is -2.14. The Morgan fingerprint density at radius 1 is 1.13 bits per heavy atom. The van der Waals surface area contributed by atoms with Gasteiger partial charge in [0, 0.05) is 4.47 Å². The average molecular weight is 481 g/mol. The number of ether oxygens (including phenoxy) is 2. The second-order valence-electron chi connectivity index (χ2n) is 6.43. The molecule has 0 aliphatic carbocycles. The van der Waals surface area contributed by atoms with Gasteiger partial charge < -0.3 is 14.8 Å². The Kier molecular flexibility index (Phi) is 7.41. The molecule has 0 aliphatic heterocycles. The van der Waals surface area contributed by atoms with Gasteiger partial charge in [-0.05, 0) is 47.5 Å². The van der Waals surface area contributed by atoms with Crippen molar-refractivity contribution in [3.05, 3.63) is 93.7 Å². The van der Waals surface area contributed by atoms with Gasteiger partial charge in [-0.1, -0.05) is 52.3 Å². The summed E-state index contributed by atoms with van der Waals surface area (Å²) in [5.41, 5.74) is 1.35. The molecule has 7 heteroatoms. The van der Waals surface area contributed by atoms with E-state index in [0.717, 1.165) is 5.56 Å². The van der Waals surface area contributed by atoms with E-state index in [2.05, 4.69) is 21.2 Å². The molecule has 0 unspecified atom stereocenters. The van der Waals surface area contributed by atoms with Crippen molar-refractivity contribution in [2.45, 2.75) is 6.61 Å². The van der Waals surface area contributed by atoms with Gasteiger partial charge in [-0.2, -0.15) is 5.26 Å². The van der Waals surface area contributed by atoms with Gasteiger partial charge in [0.15, 0.2) is 11.5 Å². The standard InChI is InChI=1S/C24H18BrFN2O3/c1-30-22-10-7-17(12-23(22)31-15-16-5-3-2-4-6-16)11-18(14-27)24(29)28-21-9-8-19(25)13-20(21)26/h2-13H,15H2,1H3,(H,28,29)/b18-11+. The number of anilines is 1. The predicted molar refractivity (Wildman–Crippen MR) is 120 cm³/mol. The lowest BCUT2D eigenvalue weighted by atomic mass is 10.1. The summed E-state index contributed by atoms with van der Waals surface area (Å²) in [5, 5.41) is 11.8. The summed E-state index contributed by atoms with van der Waals surface area (Å²) in [6.07, 6.45) is 1.40. The summed E-state index contributed by atoms with van der Waals surface area (Å²) in [7, 11) is 1.53. The summed E-state index contributed by atoms with van der Waals surface area (Å²) in [5.74, 6) is -0.336. The summed E-state index contributed by atoms with van der Waals surface area (Å²) in [4.78, 5) is 12.5. The van der Waals surface area contributed by atoms with E-state index in [0.29, 0.717) is 28.1 Å². The summed E-state index contributed by atoms with van der Waals surface area (Å²) >= 11 is 3.16. The lowest BCUT2D eigenvalue weighted by Gasteiger charge is -2.12. The molecule has 0 aromatic heterocycles. The monoisotopic (exact) mass is 480 g/mol.